The van der Waals surface area contributed by atoms with E-state index < -0.39 is 6.10 Å². The van der Waals surface area contributed by atoms with E-state index in [1.54, 1.807) is 12.1 Å². The number of hydrogen-bond donors (Lipinski definition) is 0. The summed E-state index contributed by atoms with van der Waals surface area (Å²) in [5.41, 5.74) is 0.528. The molecular formula is C13H13BrO5. The summed E-state index contributed by atoms with van der Waals surface area (Å²) in [6.07, 6.45) is -0.549. The first-order chi connectivity index (χ1) is 9.25. The van der Waals surface area contributed by atoms with Crippen LogP contribution in [-0.2, 0) is 9.47 Å². The van der Waals surface area contributed by atoms with Crippen molar-refractivity contribution in [2.75, 3.05) is 33.0 Å². The maximum Gasteiger partial charge on any atom is 0.195 e. The molecule has 0 bridgehead atoms. The molecule has 1 aromatic carbocycles. The Labute approximate surface area is 118 Å². The predicted octanol–water partition coefficient (Wildman–Crippen LogP) is 1.82. The van der Waals surface area contributed by atoms with Gasteiger partial charge >= 0.3 is 0 Å². The summed E-state index contributed by atoms with van der Waals surface area (Å²) < 4.78 is 22.3. The molecule has 0 amide bonds. The van der Waals surface area contributed by atoms with Gasteiger partial charge in [-0.2, -0.15) is 0 Å². The second-order valence-electron chi connectivity index (χ2n) is 4.27. The lowest BCUT2D eigenvalue weighted by Gasteiger charge is -2.23. The zero-order chi connectivity index (χ0) is 13.2. The number of benzene rings is 1. The zero-order valence-electron chi connectivity index (χ0n) is 10.2. The third-order valence-corrected chi connectivity index (χ3v) is 3.66. The smallest absolute Gasteiger partial charge is 0.195 e. The highest BCUT2D eigenvalue weighted by Gasteiger charge is 2.27. The van der Waals surface area contributed by atoms with Gasteiger partial charge in [-0.1, -0.05) is 0 Å². The highest BCUT2D eigenvalue weighted by atomic mass is 79.9. The van der Waals surface area contributed by atoms with Gasteiger partial charge in [-0.05, 0) is 28.1 Å². The van der Waals surface area contributed by atoms with Crippen molar-refractivity contribution in [3.8, 4) is 11.5 Å². The molecule has 2 aliphatic heterocycles. The first-order valence-electron chi connectivity index (χ1n) is 6.08. The molecule has 0 N–H and O–H groups in total. The maximum atomic E-state index is 12.4. The molecule has 5 nitrogen and oxygen atoms in total. The van der Waals surface area contributed by atoms with Crippen molar-refractivity contribution >= 4 is 21.7 Å². The average molecular weight is 329 g/mol. The third-order valence-electron chi connectivity index (χ3n) is 3.01. The molecule has 1 fully saturated rings. The molecular weight excluding hydrogens is 316 g/mol. The van der Waals surface area contributed by atoms with E-state index in [1.807, 2.05) is 0 Å². The summed E-state index contributed by atoms with van der Waals surface area (Å²) in [5, 5.41) is 0. The van der Waals surface area contributed by atoms with Crippen molar-refractivity contribution in [3.63, 3.8) is 0 Å². The van der Waals surface area contributed by atoms with E-state index in [0.29, 0.717) is 54.6 Å². The van der Waals surface area contributed by atoms with Crippen LogP contribution >= 0.6 is 15.9 Å². The van der Waals surface area contributed by atoms with E-state index in [4.69, 9.17) is 18.9 Å². The van der Waals surface area contributed by atoms with Crippen molar-refractivity contribution in [2.45, 2.75) is 6.10 Å². The maximum absolute atomic E-state index is 12.4. The number of halogens is 1. The van der Waals surface area contributed by atoms with E-state index in [0.717, 1.165) is 0 Å². The number of carbonyl (C=O) groups is 1. The van der Waals surface area contributed by atoms with Crippen LogP contribution in [0.5, 0.6) is 11.5 Å². The Hall–Kier alpha value is -1.11. The van der Waals surface area contributed by atoms with E-state index in [-0.39, 0.29) is 5.78 Å². The molecule has 2 heterocycles. The van der Waals surface area contributed by atoms with Crippen LogP contribution in [-0.4, -0.2) is 44.9 Å². The minimum atomic E-state index is -0.549. The molecule has 3 rings (SSSR count). The fraction of sp³-hybridized carbons (Fsp3) is 0.462. The van der Waals surface area contributed by atoms with Gasteiger partial charge in [0.25, 0.3) is 0 Å². The standard InChI is InChI=1S/C13H13BrO5/c14-9-6-11-10(17-3-4-18-11)5-8(9)13(15)12-7-16-1-2-19-12/h5-6,12H,1-4,7H2. The second kappa shape index (κ2) is 5.48. The number of ether oxygens (including phenoxy) is 4. The van der Waals surface area contributed by atoms with Crippen molar-refractivity contribution in [1.82, 2.24) is 0 Å². The largest absolute Gasteiger partial charge is 0.486 e. The molecule has 0 spiro atoms. The van der Waals surface area contributed by atoms with Crippen LogP contribution in [0.25, 0.3) is 0 Å². The Kier molecular flexibility index (Phi) is 3.72. The molecule has 102 valence electrons. The van der Waals surface area contributed by atoms with Gasteiger partial charge in [0.1, 0.15) is 19.3 Å². The van der Waals surface area contributed by atoms with Crippen LogP contribution in [0.1, 0.15) is 10.4 Å². The van der Waals surface area contributed by atoms with Crippen molar-refractivity contribution in [3.05, 3.63) is 22.2 Å². The SMILES string of the molecule is O=C(c1cc2c(cc1Br)OCCO2)C1COCCO1. The normalized spacial score (nSPS) is 22.1. The monoisotopic (exact) mass is 328 g/mol. The number of fused-ring (bicyclic) bond motifs is 1. The van der Waals surface area contributed by atoms with Gasteiger partial charge in [0.15, 0.2) is 17.3 Å². The van der Waals surface area contributed by atoms with Gasteiger partial charge in [0.05, 0.1) is 19.8 Å². The van der Waals surface area contributed by atoms with Crippen LogP contribution in [0, 0.1) is 0 Å². The van der Waals surface area contributed by atoms with Crippen molar-refractivity contribution in [1.29, 1.82) is 0 Å². The molecule has 0 radical (unpaired) electrons. The van der Waals surface area contributed by atoms with Crippen LogP contribution < -0.4 is 9.47 Å². The Bertz CT molecular complexity index is 496. The molecule has 1 aromatic rings. The summed E-state index contributed by atoms with van der Waals surface area (Å²) in [5.74, 6) is 1.13. The fourth-order valence-corrected chi connectivity index (χ4v) is 2.58. The Morgan fingerprint density at radius 1 is 1.11 bits per heavy atom. The molecule has 6 heteroatoms. The molecule has 1 unspecified atom stereocenters. The van der Waals surface area contributed by atoms with E-state index in [1.165, 1.54) is 0 Å². The summed E-state index contributed by atoms with van der Waals surface area (Å²) in [6.45, 7) is 2.28. The quantitative estimate of drug-likeness (QED) is 0.775. The van der Waals surface area contributed by atoms with E-state index in [2.05, 4.69) is 15.9 Å². The molecule has 0 aliphatic carbocycles. The molecule has 1 atom stereocenters. The van der Waals surface area contributed by atoms with Gasteiger partial charge in [0, 0.05) is 10.0 Å². The number of ketones is 1. The second-order valence-corrected chi connectivity index (χ2v) is 5.13. The van der Waals surface area contributed by atoms with Crippen LogP contribution in [0.3, 0.4) is 0 Å². The first-order valence-corrected chi connectivity index (χ1v) is 6.88. The molecule has 19 heavy (non-hydrogen) atoms. The average Bonchev–Trinajstić information content (AvgIpc) is 2.47. The molecule has 1 saturated heterocycles. The lowest BCUT2D eigenvalue weighted by molar-refractivity contribution is -0.0719. The van der Waals surface area contributed by atoms with Crippen LogP contribution in [0.15, 0.2) is 16.6 Å². The van der Waals surface area contributed by atoms with Gasteiger partial charge in [-0.3, -0.25) is 4.79 Å². The highest BCUT2D eigenvalue weighted by Crippen LogP contribution is 2.36. The number of carbonyl (C=O) groups excluding carboxylic acids is 1. The Morgan fingerprint density at radius 3 is 2.53 bits per heavy atom. The van der Waals surface area contributed by atoms with Crippen molar-refractivity contribution < 1.29 is 23.7 Å². The lowest BCUT2D eigenvalue weighted by atomic mass is 10.1. The number of hydrogen-bond acceptors (Lipinski definition) is 5. The van der Waals surface area contributed by atoms with Gasteiger partial charge in [-0.15, -0.1) is 0 Å². The summed E-state index contributed by atoms with van der Waals surface area (Å²) in [7, 11) is 0. The molecule has 0 aromatic heterocycles. The van der Waals surface area contributed by atoms with Crippen molar-refractivity contribution in [2.24, 2.45) is 0 Å². The van der Waals surface area contributed by atoms with Crippen LogP contribution in [0.2, 0.25) is 0 Å². The van der Waals surface area contributed by atoms with Gasteiger partial charge in [0.2, 0.25) is 0 Å². The summed E-state index contributed by atoms with van der Waals surface area (Å²) in [4.78, 5) is 12.4. The molecule has 2 aliphatic rings. The third kappa shape index (κ3) is 2.61. The van der Waals surface area contributed by atoms with Crippen LogP contribution in [0.4, 0.5) is 0 Å². The summed E-state index contributed by atoms with van der Waals surface area (Å²) in [6, 6.07) is 3.45. The Morgan fingerprint density at radius 2 is 1.84 bits per heavy atom. The fourth-order valence-electron chi connectivity index (χ4n) is 2.07. The number of Topliss-reactive ketones (excluding diaryl/α,β-unsaturated/α-hetero) is 1. The number of rotatable bonds is 2. The first kappa shape index (κ1) is 12.9. The van der Waals surface area contributed by atoms with Gasteiger partial charge < -0.3 is 18.9 Å². The zero-order valence-corrected chi connectivity index (χ0v) is 11.8. The minimum absolute atomic E-state index is 0.108. The van der Waals surface area contributed by atoms with E-state index in [9.17, 15) is 4.79 Å². The highest BCUT2D eigenvalue weighted by molar-refractivity contribution is 9.10. The molecule has 0 saturated carbocycles. The van der Waals surface area contributed by atoms with E-state index >= 15 is 0 Å². The lowest BCUT2D eigenvalue weighted by Crippen LogP contribution is -2.35. The van der Waals surface area contributed by atoms with Gasteiger partial charge in [-0.25, -0.2) is 0 Å². The predicted molar refractivity (Wildman–Crippen MR) is 70.0 cm³/mol. The minimum Gasteiger partial charge on any atom is -0.486 e. The topological polar surface area (TPSA) is 54.0 Å². The summed E-state index contributed by atoms with van der Waals surface area (Å²) >= 11 is 3.39. The Balaban J connectivity index is 1.89.